The predicted molar refractivity (Wildman–Crippen MR) is 95.9 cm³/mol. The van der Waals surface area contributed by atoms with E-state index in [0.717, 1.165) is 51.3 Å². The molecule has 142 valence electrons. The van der Waals surface area contributed by atoms with E-state index in [-0.39, 0.29) is 6.10 Å². The Bertz CT molecular complexity index is 704. The van der Waals surface area contributed by atoms with Crippen LogP contribution in [0.2, 0.25) is 0 Å². The average Bonchev–Trinajstić information content (AvgIpc) is 3.43. The Labute approximate surface area is 154 Å². The van der Waals surface area contributed by atoms with E-state index in [2.05, 4.69) is 13.0 Å². The molecule has 6 nitrogen and oxygen atoms in total. The second-order valence-corrected chi connectivity index (χ2v) is 8.34. The van der Waals surface area contributed by atoms with Crippen LogP contribution in [0.1, 0.15) is 34.2 Å². The SMILES string of the molecule is Cc1c(CC2CO2)c(CC2CO2)cc(C(N)(N)CC2CO2)c1CC1CO1. The Morgan fingerprint density at radius 1 is 0.846 bits per heavy atom. The summed E-state index contributed by atoms with van der Waals surface area (Å²) in [5, 5.41) is 0. The van der Waals surface area contributed by atoms with Crippen molar-refractivity contribution in [3.8, 4) is 0 Å². The minimum absolute atomic E-state index is 0.185. The topological polar surface area (TPSA) is 102 Å². The zero-order valence-corrected chi connectivity index (χ0v) is 15.3. The molecule has 4 unspecified atom stereocenters. The summed E-state index contributed by atoms with van der Waals surface area (Å²) < 4.78 is 21.9. The highest BCUT2D eigenvalue weighted by molar-refractivity contribution is 5.49. The summed E-state index contributed by atoms with van der Waals surface area (Å²) in [6.45, 7) is 5.50. The van der Waals surface area contributed by atoms with Crippen LogP contribution < -0.4 is 11.5 Å². The molecule has 0 radical (unpaired) electrons. The van der Waals surface area contributed by atoms with Crippen LogP contribution in [0, 0.1) is 6.92 Å². The van der Waals surface area contributed by atoms with Gasteiger partial charge in [-0.1, -0.05) is 6.07 Å². The van der Waals surface area contributed by atoms with Gasteiger partial charge in [0.15, 0.2) is 0 Å². The fraction of sp³-hybridized carbons (Fsp3) is 0.700. The van der Waals surface area contributed by atoms with E-state index in [0.29, 0.717) is 24.7 Å². The first-order chi connectivity index (χ1) is 12.5. The molecule has 0 aromatic heterocycles. The summed E-state index contributed by atoms with van der Waals surface area (Å²) in [5.74, 6) is 0. The molecule has 4 aliphatic rings. The Kier molecular flexibility index (Phi) is 4.12. The van der Waals surface area contributed by atoms with Gasteiger partial charge in [-0.3, -0.25) is 0 Å². The summed E-state index contributed by atoms with van der Waals surface area (Å²) in [6.07, 6.45) is 4.57. The van der Waals surface area contributed by atoms with Crippen molar-refractivity contribution in [1.29, 1.82) is 0 Å². The number of nitrogens with two attached hydrogens (primary N) is 2. The summed E-state index contributed by atoms with van der Waals surface area (Å²) >= 11 is 0. The number of hydrogen-bond donors (Lipinski definition) is 2. The van der Waals surface area contributed by atoms with Crippen LogP contribution >= 0.6 is 0 Å². The molecular weight excluding hydrogens is 332 g/mol. The zero-order chi connectivity index (χ0) is 17.9. The molecule has 4 aliphatic heterocycles. The molecule has 4 N–H and O–H groups in total. The highest BCUT2D eigenvalue weighted by Crippen LogP contribution is 2.36. The van der Waals surface area contributed by atoms with Crippen LogP contribution in [-0.4, -0.2) is 50.8 Å². The van der Waals surface area contributed by atoms with Crippen molar-refractivity contribution in [1.82, 2.24) is 0 Å². The molecule has 6 heteroatoms. The van der Waals surface area contributed by atoms with Gasteiger partial charge < -0.3 is 30.4 Å². The van der Waals surface area contributed by atoms with Gasteiger partial charge in [0.2, 0.25) is 0 Å². The van der Waals surface area contributed by atoms with Crippen LogP contribution in [-0.2, 0) is 43.9 Å². The first-order valence-electron chi connectivity index (χ1n) is 9.68. The summed E-state index contributed by atoms with van der Waals surface area (Å²) in [4.78, 5) is 0. The van der Waals surface area contributed by atoms with Crippen LogP contribution in [0.25, 0.3) is 0 Å². The van der Waals surface area contributed by atoms with Gasteiger partial charge in [-0.15, -0.1) is 0 Å². The standard InChI is InChI=1S/C20H28N2O4/c1-11-17(4-14-8-24-14)12(2-13-7-23-13)3-19(18(11)5-15-9-25-15)20(21,22)6-16-10-26-16/h3,13-16H,2,4-10,21-22H2,1H3. The fourth-order valence-corrected chi connectivity index (χ4v) is 4.05. The van der Waals surface area contributed by atoms with Gasteiger partial charge in [0.05, 0.1) is 56.5 Å². The van der Waals surface area contributed by atoms with Crippen molar-refractivity contribution in [2.45, 2.75) is 62.7 Å². The third-order valence-electron chi connectivity index (χ3n) is 5.92. The highest BCUT2D eigenvalue weighted by atomic mass is 16.6. The second-order valence-electron chi connectivity index (χ2n) is 8.34. The maximum atomic E-state index is 6.62. The molecule has 26 heavy (non-hydrogen) atoms. The molecule has 4 saturated heterocycles. The number of benzene rings is 1. The highest BCUT2D eigenvalue weighted by Gasteiger charge is 2.38. The first-order valence-corrected chi connectivity index (χ1v) is 9.68. The third-order valence-corrected chi connectivity index (χ3v) is 5.92. The smallest absolute Gasteiger partial charge is 0.0928 e. The molecule has 0 spiro atoms. The lowest BCUT2D eigenvalue weighted by Crippen LogP contribution is -2.48. The van der Waals surface area contributed by atoms with Crippen molar-refractivity contribution in [3.05, 3.63) is 33.9 Å². The molecule has 0 bridgehead atoms. The Balaban J connectivity index is 1.56. The van der Waals surface area contributed by atoms with Crippen LogP contribution in [0.4, 0.5) is 0 Å². The Morgan fingerprint density at radius 3 is 1.88 bits per heavy atom. The molecule has 5 rings (SSSR count). The quantitative estimate of drug-likeness (QED) is 0.496. The minimum Gasteiger partial charge on any atom is -0.373 e. The van der Waals surface area contributed by atoms with Gasteiger partial charge in [0, 0.05) is 25.7 Å². The zero-order valence-electron chi connectivity index (χ0n) is 15.3. The third kappa shape index (κ3) is 3.81. The van der Waals surface area contributed by atoms with Gasteiger partial charge >= 0.3 is 0 Å². The van der Waals surface area contributed by atoms with Gasteiger partial charge in [0.1, 0.15) is 0 Å². The van der Waals surface area contributed by atoms with Crippen LogP contribution in [0.15, 0.2) is 6.07 Å². The maximum Gasteiger partial charge on any atom is 0.0928 e. The van der Waals surface area contributed by atoms with E-state index in [1.54, 1.807) is 0 Å². The average molecular weight is 360 g/mol. The van der Waals surface area contributed by atoms with E-state index >= 15 is 0 Å². The lowest BCUT2D eigenvalue weighted by molar-refractivity contribution is 0.323. The molecule has 0 amide bonds. The molecular formula is C20H28N2O4. The van der Waals surface area contributed by atoms with E-state index in [1.807, 2.05) is 0 Å². The molecule has 1 aromatic rings. The molecule has 4 fully saturated rings. The maximum absolute atomic E-state index is 6.62. The molecule has 1 aromatic carbocycles. The second kappa shape index (κ2) is 6.26. The van der Waals surface area contributed by atoms with Crippen LogP contribution in [0.3, 0.4) is 0 Å². The molecule has 0 aliphatic carbocycles. The molecule has 0 saturated carbocycles. The van der Waals surface area contributed by atoms with Gasteiger partial charge in [-0.05, 0) is 34.7 Å². The van der Waals surface area contributed by atoms with E-state index in [1.165, 1.54) is 22.3 Å². The van der Waals surface area contributed by atoms with Crippen molar-refractivity contribution < 1.29 is 18.9 Å². The van der Waals surface area contributed by atoms with Crippen LogP contribution in [0.5, 0.6) is 0 Å². The Morgan fingerprint density at radius 2 is 1.35 bits per heavy atom. The number of ether oxygens (including phenoxy) is 4. The van der Waals surface area contributed by atoms with Gasteiger partial charge in [-0.25, -0.2) is 0 Å². The molecule has 4 atom stereocenters. The lowest BCUT2D eigenvalue weighted by Gasteiger charge is -2.30. The minimum atomic E-state index is -0.885. The summed E-state index contributed by atoms with van der Waals surface area (Å²) in [6, 6.07) is 2.24. The lowest BCUT2D eigenvalue weighted by atomic mass is 9.81. The van der Waals surface area contributed by atoms with E-state index in [4.69, 9.17) is 30.4 Å². The van der Waals surface area contributed by atoms with Crippen molar-refractivity contribution in [3.63, 3.8) is 0 Å². The fourth-order valence-electron chi connectivity index (χ4n) is 4.05. The largest absolute Gasteiger partial charge is 0.373 e. The number of hydrogen-bond acceptors (Lipinski definition) is 6. The van der Waals surface area contributed by atoms with Gasteiger partial charge in [0.25, 0.3) is 0 Å². The first kappa shape index (κ1) is 17.1. The normalized spacial score (nSPS) is 31.8. The van der Waals surface area contributed by atoms with E-state index in [9.17, 15) is 0 Å². The number of epoxide rings is 4. The van der Waals surface area contributed by atoms with Gasteiger partial charge in [-0.2, -0.15) is 0 Å². The molecule has 4 heterocycles. The predicted octanol–water partition coefficient (Wildman–Crippen LogP) is 0.678. The van der Waals surface area contributed by atoms with E-state index < -0.39 is 5.66 Å². The number of rotatable bonds is 9. The van der Waals surface area contributed by atoms with Crippen molar-refractivity contribution >= 4 is 0 Å². The summed E-state index contributed by atoms with van der Waals surface area (Å²) in [5.41, 5.74) is 18.7. The van der Waals surface area contributed by atoms with Crippen molar-refractivity contribution in [2.75, 3.05) is 26.4 Å². The Hall–Kier alpha value is -1.02. The van der Waals surface area contributed by atoms with Crippen molar-refractivity contribution in [2.24, 2.45) is 11.5 Å². The monoisotopic (exact) mass is 360 g/mol. The summed E-state index contributed by atoms with van der Waals surface area (Å²) in [7, 11) is 0.